The molecular formula is C22H18F2N2O3S2. The molecular weight excluding hydrogens is 442 g/mol. The number of halogens is 2. The summed E-state index contributed by atoms with van der Waals surface area (Å²) in [5, 5.41) is 0.301. The molecule has 9 heteroatoms. The van der Waals surface area contributed by atoms with Crippen LogP contribution in [0.5, 0.6) is 5.75 Å². The third-order valence-corrected chi connectivity index (χ3v) is 6.51. The first-order valence-electron chi connectivity index (χ1n) is 9.38. The minimum absolute atomic E-state index is 0.0475. The molecule has 2 heterocycles. The summed E-state index contributed by atoms with van der Waals surface area (Å²) >= 11 is 2.61. The maximum Gasteiger partial charge on any atom is 0.230 e. The molecule has 0 unspecified atom stereocenters. The van der Waals surface area contributed by atoms with Crippen molar-refractivity contribution in [3.8, 4) is 5.75 Å². The molecule has 0 N–H and O–H groups in total. The van der Waals surface area contributed by atoms with Crippen molar-refractivity contribution >= 4 is 44.4 Å². The zero-order chi connectivity index (χ0) is 21.8. The van der Waals surface area contributed by atoms with Gasteiger partial charge in [0.05, 0.1) is 24.6 Å². The number of amides is 1. The number of furan rings is 1. The fourth-order valence-corrected chi connectivity index (χ4v) is 4.81. The van der Waals surface area contributed by atoms with Crippen LogP contribution >= 0.6 is 23.1 Å². The Morgan fingerprint density at radius 1 is 1.23 bits per heavy atom. The lowest BCUT2D eigenvalue weighted by Crippen LogP contribution is -2.30. The predicted octanol–water partition coefficient (Wildman–Crippen LogP) is 5.89. The molecule has 4 aromatic rings. The van der Waals surface area contributed by atoms with E-state index in [0.717, 1.165) is 28.0 Å². The highest BCUT2D eigenvalue weighted by Crippen LogP contribution is 2.33. The summed E-state index contributed by atoms with van der Waals surface area (Å²) in [6, 6.07) is 13.1. The average Bonchev–Trinajstić information content (AvgIpc) is 3.42. The van der Waals surface area contributed by atoms with Gasteiger partial charge in [0.1, 0.15) is 22.8 Å². The lowest BCUT2D eigenvalue weighted by Gasteiger charge is -2.18. The number of thioether (sulfide) groups is 1. The number of aromatic nitrogens is 1. The molecule has 31 heavy (non-hydrogen) atoms. The minimum Gasteiger partial charge on any atom is -0.497 e. The molecule has 0 radical (unpaired) electrons. The standard InChI is InChI=1S/C22H18F2N2O3S2/c1-28-15-4-6-17(7-5-15)30-10-8-20(27)26(13-16-3-2-9-29-16)22-25-21-18(24)11-14(23)12-19(21)31-22/h2-7,9,11-12H,8,10,13H2,1H3. The Bertz CT molecular complexity index is 1180. The average molecular weight is 461 g/mol. The third-order valence-electron chi connectivity index (χ3n) is 4.47. The van der Waals surface area contributed by atoms with Crippen LogP contribution in [0.1, 0.15) is 12.2 Å². The highest BCUT2D eigenvalue weighted by molar-refractivity contribution is 7.99. The van der Waals surface area contributed by atoms with E-state index in [-0.39, 0.29) is 24.4 Å². The smallest absolute Gasteiger partial charge is 0.230 e. The Kier molecular flexibility index (Phi) is 6.53. The van der Waals surface area contributed by atoms with Crippen molar-refractivity contribution in [2.24, 2.45) is 0 Å². The summed E-state index contributed by atoms with van der Waals surface area (Å²) in [4.78, 5) is 19.8. The van der Waals surface area contributed by atoms with E-state index in [0.29, 0.717) is 21.3 Å². The van der Waals surface area contributed by atoms with Crippen molar-refractivity contribution in [2.45, 2.75) is 17.9 Å². The molecule has 0 spiro atoms. The van der Waals surface area contributed by atoms with Crippen LogP contribution in [0.3, 0.4) is 0 Å². The zero-order valence-electron chi connectivity index (χ0n) is 16.5. The van der Waals surface area contributed by atoms with E-state index < -0.39 is 11.6 Å². The van der Waals surface area contributed by atoms with E-state index in [9.17, 15) is 13.6 Å². The van der Waals surface area contributed by atoms with E-state index in [1.807, 2.05) is 24.3 Å². The fourth-order valence-electron chi connectivity index (χ4n) is 2.94. The van der Waals surface area contributed by atoms with Crippen molar-refractivity contribution in [3.63, 3.8) is 0 Å². The topological polar surface area (TPSA) is 55.6 Å². The van der Waals surface area contributed by atoms with Gasteiger partial charge in [-0.2, -0.15) is 0 Å². The summed E-state index contributed by atoms with van der Waals surface area (Å²) in [6.45, 7) is 0.156. The second-order valence-electron chi connectivity index (χ2n) is 6.56. The maximum absolute atomic E-state index is 14.1. The molecule has 0 saturated heterocycles. The van der Waals surface area contributed by atoms with Crippen LogP contribution < -0.4 is 9.64 Å². The Labute approximate surface area is 185 Å². The Morgan fingerprint density at radius 2 is 2.03 bits per heavy atom. The van der Waals surface area contributed by atoms with Gasteiger partial charge in [-0.25, -0.2) is 13.8 Å². The molecule has 0 atom stereocenters. The van der Waals surface area contributed by atoms with Crippen LogP contribution in [0, 0.1) is 11.6 Å². The summed E-state index contributed by atoms with van der Waals surface area (Å²) in [7, 11) is 1.61. The molecule has 0 aliphatic rings. The Morgan fingerprint density at radius 3 is 2.74 bits per heavy atom. The number of benzene rings is 2. The number of carbonyl (C=O) groups excluding carboxylic acids is 1. The number of hydrogen-bond donors (Lipinski definition) is 0. The number of carbonyl (C=O) groups is 1. The van der Waals surface area contributed by atoms with Crippen LogP contribution in [0.2, 0.25) is 0 Å². The zero-order valence-corrected chi connectivity index (χ0v) is 18.1. The largest absolute Gasteiger partial charge is 0.497 e. The van der Waals surface area contributed by atoms with Gasteiger partial charge in [0.15, 0.2) is 10.9 Å². The first kappa shape index (κ1) is 21.3. The number of hydrogen-bond acceptors (Lipinski definition) is 6. The van der Waals surface area contributed by atoms with Crippen molar-refractivity contribution < 1.29 is 22.7 Å². The molecule has 0 fully saturated rings. The molecule has 0 aliphatic carbocycles. The van der Waals surface area contributed by atoms with Gasteiger partial charge in [0.2, 0.25) is 5.91 Å². The highest BCUT2D eigenvalue weighted by Gasteiger charge is 2.22. The van der Waals surface area contributed by atoms with Gasteiger partial charge in [-0.1, -0.05) is 11.3 Å². The van der Waals surface area contributed by atoms with Gasteiger partial charge in [0.25, 0.3) is 0 Å². The summed E-state index contributed by atoms with van der Waals surface area (Å²) < 4.78 is 38.6. The van der Waals surface area contributed by atoms with Crippen LogP contribution in [-0.2, 0) is 11.3 Å². The van der Waals surface area contributed by atoms with Gasteiger partial charge in [0, 0.05) is 23.1 Å². The van der Waals surface area contributed by atoms with Gasteiger partial charge >= 0.3 is 0 Å². The SMILES string of the molecule is COc1ccc(SCCC(=O)N(Cc2ccco2)c2nc3c(F)cc(F)cc3s2)cc1. The van der Waals surface area contributed by atoms with Crippen molar-refractivity contribution in [1.29, 1.82) is 0 Å². The van der Waals surface area contributed by atoms with Crippen LogP contribution in [0.25, 0.3) is 10.2 Å². The van der Waals surface area contributed by atoms with E-state index in [1.165, 1.54) is 17.2 Å². The second-order valence-corrected chi connectivity index (χ2v) is 8.74. The predicted molar refractivity (Wildman–Crippen MR) is 118 cm³/mol. The Hall–Kier alpha value is -2.91. The summed E-state index contributed by atoms with van der Waals surface area (Å²) in [5.41, 5.74) is 0.0475. The second kappa shape index (κ2) is 9.49. The number of ether oxygens (including phenoxy) is 1. The number of thiazole rings is 1. The van der Waals surface area contributed by atoms with Crippen molar-refractivity contribution in [1.82, 2.24) is 4.98 Å². The molecule has 160 valence electrons. The lowest BCUT2D eigenvalue weighted by molar-refractivity contribution is -0.118. The minimum atomic E-state index is -0.752. The lowest BCUT2D eigenvalue weighted by atomic mass is 10.3. The molecule has 0 bridgehead atoms. The number of methoxy groups -OCH3 is 1. The number of rotatable bonds is 8. The quantitative estimate of drug-likeness (QED) is 0.307. The maximum atomic E-state index is 14.1. The van der Waals surface area contributed by atoms with Gasteiger partial charge in [-0.3, -0.25) is 9.69 Å². The Balaban J connectivity index is 1.51. The summed E-state index contributed by atoms with van der Waals surface area (Å²) in [6.07, 6.45) is 1.76. The van der Waals surface area contributed by atoms with Crippen LogP contribution in [0.4, 0.5) is 13.9 Å². The monoisotopic (exact) mass is 460 g/mol. The van der Waals surface area contributed by atoms with Crippen LogP contribution in [0.15, 0.2) is 64.1 Å². The molecule has 4 rings (SSSR count). The van der Waals surface area contributed by atoms with Crippen LogP contribution in [-0.4, -0.2) is 23.8 Å². The molecule has 2 aromatic carbocycles. The molecule has 2 aromatic heterocycles. The normalized spacial score (nSPS) is 11.1. The first-order chi connectivity index (χ1) is 15.0. The van der Waals surface area contributed by atoms with Crippen molar-refractivity contribution in [3.05, 3.63) is 72.2 Å². The molecule has 1 amide bonds. The third kappa shape index (κ3) is 5.05. The number of nitrogens with zero attached hydrogens (tertiary/aromatic N) is 2. The van der Waals surface area contributed by atoms with E-state index in [4.69, 9.17) is 9.15 Å². The van der Waals surface area contributed by atoms with Gasteiger partial charge in [-0.15, -0.1) is 11.8 Å². The van der Waals surface area contributed by atoms with E-state index >= 15 is 0 Å². The molecule has 0 aliphatic heterocycles. The first-order valence-corrected chi connectivity index (χ1v) is 11.2. The highest BCUT2D eigenvalue weighted by atomic mass is 32.2. The van der Waals surface area contributed by atoms with Crippen molar-refractivity contribution in [2.75, 3.05) is 17.8 Å². The molecule has 0 saturated carbocycles. The van der Waals surface area contributed by atoms with Gasteiger partial charge in [-0.05, 0) is 42.5 Å². The number of fused-ring (bicyclic) bond motifs is 1. The van der Waals surface area contributed by atoms with Gasteiger partial charge < -0.3 is 9.15 Å². The fraction of sp³-hybridized carbons (Fsp3) is 0.182. The summed E-state index contributed by atoms with van der Waals surface area (Å²) in [5.74, 6) is 0.273. The van der Waals surface area contributed by atoms with E-state index in [1.54, 1.807) is 31.0 Å². The number of anilines is 1. The molecule has 5 nitrogen and oxygen atoms in total. The van der Waals surface area contributed by atoms with E-state index in [2.05, 4.69) is 4.98 Å².